The number of hydrogen-bond acceptors (Lipinski definition) is 4. The summed E-state index contributed by atoms with van der Waals surface area (Å²) < 4.78 is 45.3. The second-order valence-electron chi connectivity index (χ2n) is 5.40. The van der Waals surface area contributed by atoms with Gasteiger partial charge in [-0.3, -0.25) is 4.90 Å². The van der Waals surface area contributed by atoms with E-state index < -0.39 is 28.0 Å². The largest absolute Gasteiger partial charge is 0.443 e. The number of nitrogens with one attached hydrogen (secondary N) is 1. The van der Waals surface area contributed by atoms with Crippen LogP contribution in [0.3, 0.4) is 0 Å². The normalized spacial score (nSPS) is 17.6. The van der Waals surface area contributed by atoms with Gasteiger partial charge in [0.25, 0.3) is 0 Å². The summed E-state index contributed by atoms with van der Waals surface area (Å²) in [5.74, 6) is -0.475. The summed E-state index contributed by atoms with van der Waals surface area (Å²) in [6.45, 7) is 0.0218. The van der Waals surface area contributed by atoms with Crippen LogP contribution < -0.4 is 9.62 Å². The van der Waals surface area contributed by atoms with E-state index >= 15 is 0 Å². The van der Waals surface area contributed by atoms with E-state index in [-0.39, 0.29) is 18.0 Å². The Hall–Kier alpha value is -2.16. The van der Waals surface area contributed by atoms with Crippen molar-refractivity contribution in [2.24, 2.45) is 0 Å². The first-order valence-corrected chi connectivity index (χ1v) is 9.20. The number of halogens is 2. The van der Waals surface area contributed by atoms with E-state index in [1.165, 1.54) is 47.4 Å². The van der Waals surface area contributed by atoms with Crippen molar-refractivity contribution >= 4 is 33.4 Å². The molecule has 132 valence electrons. The first-order valence-electron chi connectivity index (χ1n) is 7.34. The van der Waals surface area contributed by atoms with Crippen LogP contribution in [0.5, 0.6) is 0 Å². The highest BCUT2D eigenvalue weighted by Gasteiger charge is 2.33. The van der Waals surface area contributed by atoms with Crippen LogP contribution in [0.4, 0.5) is 14.9 Å². The molecule has 1 amide bonds. The van der Waals surface area contributed by atoms with Gasteiger partial charge in [-0.25, -0.2) is 22.3 Å². The Morgan fingerprint density at radius 1 is 1.24 bits per heavy atom. The molecule has 0 radical (unpaired) electrons. The number of anilines is 1. The number of hydrogen-bond donors (Lipinski definition) is 1. The van der Waals surface area contributed by atoms with Crippen LogP contribution in [-0.2, 0) is 14.8 Å². The van der Waals surface area contributed by atoms with Crippen molar-refractivity contribution in [2.75, 3.05) is 18.0 Å². The summed E-state index contributed by atoms with van der Waals surface area (Å²) >= 11 is 5.74. The van der Waals surface area contributed by atoms with Crippen LogP contribution >= 0.6 is 11.6 Å². The summed E-state index contributed by atoms with van der Waals surface area (Å²) in [6.07, 6.45) is -1.33. The van der Waals surface area contributed by atoms with Gasteiger partial charge in [-0.2, -0.15) is 0 Å². The van der Waals surface area contributed by atoms with E-state index in [0.29, 0.717) is 10.7 Å². The zero-order chi connectivity index (χ0) is 18.0. The van der Waals surface area contributed by atoms with Gasteiger partial charge in [0, 0.05) is 11.6 Å². The van der Waals surface area contributed by atoms with Gasteiger partial charge in [0.2, 0.25) is 10.0 Å². The summed E-state index contributed by atoms with van der Waals surface area (Å²) in [6, 6.07) is 11.2. The van der Waals surface area contributed by atoms with Gasteiger partial charge in [0.1, 0.15) is 11.9 Å². The molecule has 1 atom stereocenters. The minimum absolute atomic E-state index is 0.0585. The first-order chi connectivity index (χ1) is 11.8. The van der Waals surface area contributed by atoms with Crippen LogP contribution in [0.2, 0.25) is 5.02 Å². The summed E-state index contributed by atoms with van der Waals surface area (Å²) in [5.41, 5.74) is 0.355. The van der Waals surface area contributed by atoms with Crippen LogP contribution in [-0.4, -0.2) is 33.7 Å². The molecule has 0 aromatic heterocycles. The number of nitrogens with zero attached hydrogens (tertiary/aromatic N) is 1. The van der Waals surface area contributed by atoms with E-state index in [0.717, 1.165) is 0 Å². The van der Waals surface area contributed by atoms with Crippen LogP contribution in [0.25, 0.3) is 0 Å². The number of carbonyl (C=O) groups is 1. The fourth-order valence-corrected chi connectivity index (χ4v) is 3.57. The topological polar surface area (TPSA) is 75.7 Å². The minimum Gasteiger partial charge on any atom is -0.443 e. The molecule has 0 saturated carbocycles. The van der Waals surface area contributed by atoms with Crippen LogP contribution in [0.15, 0.2) is 53.4 Å². The number of ether oxygens (including phenoxy) is 1. The average molecular weight is 385 g/mol. The molecule has 9 heteroatoms. The van der Waals surface area contributed by atoms with Crippen molar-refractivity contribution in [2.45, 2.75) is 11.0 Å². The van der Waals surface area contributed by atoms with Gasteiger partial charge in [-0.1, -0.05) is 17.7 Å². The fraction of sp³-hybridized carbons (Fsp3) is 0.188. The predicted molar refractivity (Wildman–Crippen MR) is 90.7 cm³/mol. The third-order valence-electron chi connectivity index (χ3n) is 3.62. The number of sulfonamides is 1. The van der Waals surface area contributed by atoms with Crippen molar-refractivity contribution in [3.05, 3.63) is 59.4 Å². The Morgan fingerprint density at radius 3 is 2.64 bits per heavy atom. The second kappa shape index (κ2) is 6.99. The second-order valence-corrected chi connectivity index (χ2v) is 7.61. The maximum atomic E-state index is 13.3. The van der Waals surface area contributed by atoms with E-state index in [9.17, 15) is 17.6 Å². The molecule has 0 aliphatic carbocycles. The molecule has 3 rings (SSSR count). The average Bonchev–Trinajstić information content (AvgIpc) is 2.94. The van der Waals surface area contributed by atoms with Crippen molar-refractivity contribution in [1.29, 1.82) is 0 Å². The van der Waals surface area contributed by atoms with E-state index in [4.69, 9.17) is 16.3 Å². The number of benzene rings is 2. The zero-order valence-corrected chi connectivity index (χ0v) is 14.4. The number of amides is 1. The summed E-state index contributed by atoms with van der Waals surface area (Å²) in [7, 11) is -3.75. The van der Waals surface area contributed by atoms with Crippen molar-refractivity contribution < 1.29 is 22.3 Å². The van der Waals surface area contributed by atoms with Gasteiger partial charge < -0.3 is 4.74 Å². The maximum Gasteiger partial charge on any atom is 0.414 e. The molecule has 1 aliphatic heterocycles. The lowest BCUT2D eigenvalue weighted by molar-refractivity contribution is 0.143. The molecule has 1 heterocycles. The standard InChI is InChI=1S/C16H14ClFN2O4S/c17-11-4-6-15(7-5-11)25(22,23)19-9-14-10-20(16(21)24-14)13-3-1-2-12(18)8-13/h1-8,14,19H,9-10H2. The molecule has 0 bridgehead atoms. The predicted octanol–water partition coefficient (Wildman–Crippen LogP) is 2.78. The number of carbonyl (C=O) groups excluding carboxylic acids is 1. The summed E-state index contributed by atoms with van der Waals surface area (Å²) in [5, 5.41) is 0.425. The number of rotatable bonds is 5. The lowest BCUT2D eigenvalue weighted by atomic mass is 10.2. The lowest BCUT2D eigenvalue weighted by Gasteiger charge is -2.13. The van der Waals surface area contributed by atoms with Gasteiger partial charge in [-0.05, 0) is 42.5 Å². The van der Waals surface area contributed by atoms with Gasteiger partial charge in [0.15, 0.2) is 0 Å². The molecule has 1 N–H and O–H groups in total. The van der Waals surface area contributed by atoms with Crippen LogP contribution in [0, 0.1) is 5.82 Å². The smallest absolute Gasteiger partial charge is 0.414 e. The minimum atomic E-state index is -3.75. The highest BCUT2D eigenvalue weighted by Crippen LogP contribution is 2.22. The van der Waals surface area contributed by atoms with Crippen molar-refractivity contribution in [1.82, 2.24) is 4.72 Å². The molecule has 2 aromatic rings. The van der Waals surface area contributed by atoms with Gasteiger partial charge in [-0.15, -0.1) is 0 Å². The molecule has 25 heavy (non-hydrogen) atoms. The monoisotopic (exact) mass is 384 g/mol. The van der Waals surface area contributed by atoms with Crippen molar-refractivity contribution in [3.8, 4) is 0 Å². The Bertz CT molecular complexity index is 889. The Labute approximate surface area is 149 Å². The van der Waals surface area contributed by atoms with E-state index in [1.807, 2.05) is 0 Å². The molecule has 1 aliphatic rings. The Morgan fingerprint density at radius 2 is 1.96 bits per heavy atom. The number of cyclic esters (lactones) is 1. The van der Waals surface area contributed by atoms with E-state index in [2.05, 4.69) is 4.72 Å². The molecule has 1 unspecified atom stereocenters. The summed E-state index contributed by atoms with van der Waals surface area (Å²) in [4.78, 5) is 13.2. The highest BCUT2D eigenvalue weighted by molar-refractivity contribution is 7.89. The fourth-order valence-electron chi connectivity index (χ4n) is 2.38. The molecule has 1 saturated heterocycles. The molecule has 2 aromatic carbocycles. The third-order valence-corrected chi connectivity index (χ3v) is 5.31. The quantitative estimate of drug-likeness (QED) is 0.860. The molecular weight excluding hydrogens is 371 g/mol. The molecule has 0 spiro atoms. The Kier molecular flexibility index (Phi) is 4.94. The van der Waals surface area contributed by atoms with Crippen LogP contribution in [0.1, 0.15) is 0 Å². The Balaban J connectivity index is 1.65. The van der Waals surface area contributed by atoms with Crippen molar-refractivity contribution in [3.63, 3.8) is 0 Å². The zero-order valence-electron chi connectivity index (χ0n) is 12.9. The van der Waals surface area contributed by atoms with Gasteiger partial charge >= 0.3 is 6.09 Å². The third kappa shape index (κ3) is 4.09. The lowest BCUT2D eigenvalue weighted by Crippen LogP contribution is -2.34. The maximum absolute atomic E-state index is 13.3. The molecular formula is C16H14ClFN2O4S. The highest BCUT2D eigenvalue weighted by atomic mass is 35.5. The van der Waals surface area contributed by atoms with Gasteiger partial charge in [0.05, 0.1) is 17.1 Å². The molecule has 1 fully saturated rings. The molecule has 6 nitrogen and oxygen atoms in total. The van der Waals surface area contributed by atoms with E-state index in [1.54, 1.807) is 6.07 Å². The first kappa shape index (κ1) is 17.7. The SMILES string of the molecule is O=C1OC(CNS(=O)(=O)c2ccc(Cl)cc2)CN1c1cccc(F)c1.